The van der Waals surface area contributed by atoms with Gasteiger partial charge in [-0.1, -0.05) is 11.6 Å². The number of benzene rings is 1. The smallest absolute Gasteiger partial charge is 0.255 e. The van der Waals surface area contributed by atoms with E-state index in [0.717, 1.165) is 24.9 Å². The summed E-state index contributed by atoms with van der Waals surface area (Å²) in [5, 5.41) is 3.58. The second-order valence-corrected chi connectivity index (χ2v) is 7.79. The predicted molar refractivity (Wildman–Crippen MR) is 118 cm³/mol. The first kappa shape index (κ1) is 20.1. The minimum absolute atomic E-state index is 0.0442. The molecule has 0 bridgehead atoms. The number of halogens is 1. The van der Waals surface area contributed by atoms with Gasteiger partial charge in [-0.15, -0.1) is 0 Å². The molecule has 7 nitrogen and oxygen atoms in total. The largest absolute Gasteiger partial charge is 0.341 e. The molecule has 30 heavy (non-hydrogen) atoms. The normalized spacial score (nSPS) is 16.3. The van der Waals surface area contributed by atoms with Crippen LogP contribution >= 0.6 is 11.6 Å². The van der Waals surface area contributed by atoms with Gasteiger partial charge in [0.15, 0.2) is 0 Å². The Kier molecular flexibility index (Phi) is 5.81. The fourth-order valence-corrected chi connectivity index (χ4v) is 3.76. The van der Waals surface area contributed by atoms with E-state index in [4.69, 9.17) is 16.6 Å². The zero-order valence-corrected chi connectivity index (χ0v) is 17.3. The summed E-state index contributed by atoms with van der Waals surface area (Å²) in [6.07, 6.45) is 4.97. The van der Waals surface area contributed by atoms with Crippen LogP contribution in [0.15, 0.2) is 59.7 Å². The highest BCUT2D eigenvalue weighted by Gasteiger charge is 2.28. The van der Waals surface area contributed by atoms with Gasteiger partial charge in [-0.2, -0.15) is 0 Å². The second-order valence-electron chi connectivity index (χ2n) is 7.36. The molecule has 3 heterocycles. The maximum Gasteiger partial charge on any atom is 0.255 e. The Morgan fingerprint density at radius 1 is 1.17 bits per heavy atom. The molecule has 8 heteroatoms. The van der Waals surface area contributed by atoms with E-state index < -0.39 is 0 Å². The van der Waals surface area contributed by atoms with Gasteiger partial charge in [0, 0.05) is 54.9 Å². The van der Waals surface area contributed by atoms with E-state index in [2.05, 4.69) is 10.3 Å². The highest BCUT2D eigenvalue weighted by atomic mass is 35.5. The van der Waals surface area contributed by atoms with Crippen molar-refractivity contribution >= 4 is 29.1 Å². The summed E-state index contributed by atoms with van der Waals surface area (Å²) in [5.74, 6) is 0.325. The monoisotopic (exact) mass is 423 g/mol. The van der Waals surface area contributed by atoms with E-state index in [1.54, 1.807) is 43.7 Å². The summed E-state index contributed by atoms with van der Waals surface area (Å²) < 4.78 is 1.53. The average Bonchev–Trinajstić information content (AvgIpc) is 2.78. The van der Waals surface area contributed by atoms with Crippen molar-refractivity contribution in [3.63, 3.8) is 0 Å². The topological polar surface area (TPSA) is 80.1 Å². The molecular formula is C22H22ClN5O2. The summed E-state index contributed by atoms with van der Waals surface area (Å²) in [7, 11) is 1.71. The fraction of sp³-hybridized carbons (Fsp3) is 0.273. The Hall–Kier alpha value is -3.19. The molecule has 4 rings (SSSR count). The number of carbonyl (C=O) groups excluding carboxylic acids is 1. The van der Waals surface area contributed by atoms with E-state index in [9.17, 15) is 9.59 Å². The van der Waals surface area contributed by atoms with Gasteiger partial charge in [0.1, 0.15) is 0 Å². The third-order valence-electron chi connectivity index (χ3n) is 5.27. The number of aromatic nitrogens is 3. The van der Waals surface area contributed by atoms with Crippen LogP contribution in [-0.2, 0) is 11.8 Å². The lowest BCUT2D eigenvalue weighted by atomic mass is 9.97. The molecule has 3 aromatic rings. The van der Waals surface area contributed by atoms with Gasteiger partial charge in [-0.05, 0) is 49.2 Å². The molecule has 1 fully saturated rings. The third-order valence-corrected chi connectivity index (χ3v) is 5.53. The van der Waals surface area contributed by atoms with E-state index in [1.165, 1.54) is 10.6 Å². The number of rotatable bonds is 4. The van der Waals surface area contributed by atoms with Crippen molar-refractivity contribution in [2.75, 3.05) is 23.3 Å². The van der Waals surface area contributed by atoms with Crippen LogP contribution in [0.4, 0.5) is 11.6 Å². The summed E-state index contributed by atoms with van der Waals surface area (Å²) >= 11 is 5.91. The van der Waals surface area contributed by atoms with Crippen LogP contribution in [-0.4, -0.2) is 33.5 Å². The predicted octanol–water partition coefficient (Wildman–Crippen LogP) is 3.35. The number of anilines is 2. The summed E-state index contributed by atoms with van der Waals surface area (Å²) in [5.41, 5.74) is 2.01. The zero-order chi connectivity index (χ0) is 21.1. The van der Waals surface area contributed by atoms with Gasteiger partial charge in [-0.3, -0.25) is 19.1 Å². The minimum Gasteiger partial charge on any atom is -0.341 e. The highest BCUT2D eigenvalue weighted by Crippen LogP contribution is 2.24. The zero-order valence-electron chi connectivity index (χ0n) is 16.6. The van der Waals surface area contributed by atoms with Crippen LogP contribution < -0.4 is 15.8 Å². The molecule has 2 aromatic heterocycles. The molecule has 0 radical (unpaired) electrons. The number of hydrogen-bond acceptors (Lipinski definition) is 5. The maximum absolute atomic E-state index is 12.8. The first-order valence-corrected chi connectivity index (χ1v) is 10.2. The van der Waals surface area contributed by atoms with Crippen molar-refractivity contribution < 1.29 is 4.79 Å². The molecule has 0 saturated carbocycles. The van der Waals surface area contributed by atoms with Crippen LogP contribution in [0.25, 0.3) is 11.3 Å². The Bertz CT molecular complexity index is 1100. The summed E-state index contributed by atoms with van der Waals surface area (Å²) in [4.78, 5) is 36.1. The molecule has 1 N–H and O–H groups in total. The van der Waals surface area contributed by atoms with E-state index in [1.807, 2.05) is 17.0 Å². The number of carbonyl (C=O) groups is 1. The van der Waals surface area contributed by atoms with Crippen molar-refractivity contribution in [3.8, 4) is 11.3 Å². The van der Waals surface area contributed by atoms with Crippen molar-refractivity contribution in [2.24, 2.45) is 13.0 Å². The van der Waals surface area contributed by atoms with Gasteiger partial charge in [0.25, 0.3) is 5.56 Å². The first-order valence-electron chi connectivity index (χ1n) is 9.81. The summed E-state index contributed by atoms with van der Waals surface area (Å²) in [6, 6.07) is 12.2. The first-order chi connectivity index (χ1) is 14.5. The Balaban J connectivity index is 1.55. The number of amides is 1. The van der Waals surface area contributed by atoms with Gasteiger partial charge in [0.2, 0.25) is 11.9 Å². The molecular weight excluding hydrogens is 402 g/mol. The van der Waals surface area contributed by atoms with Crippen LogP contribution in [0.3, 0.4) is 0 Å². The molecule has 1 unspecified atom stereocenters. The van der Waals surface area contributed by atoms with Crippen molar-refractivity contribution in [3.05, 3.63) is 70.2 Å². The highest BCUT2D eigenvalue weighted by molar-refractivity contribution is 6.30. The Morgan fingerprint density at radius 2 is 1.90 bits per heavy atom. The number of piperidine rings is 1. The average molecular weight is 424 g/mol. The summed E-state index contributed by atoms with van der Waals surface area (Å²) in [6.45, 7) is 1.24. The Labute approximate surface area is 179 Å². The lowest BCUT2D eigenvalue weighted by Crippen LogP contribution is -2.43. The number of pyridine rings is 1. The molecule has 154 valence electrons. The van der Waals surface area contributed by atoms with Gasteiger partial charge < -0.3 is 10.2 Å². The molecule has 1 aliphatic heterocycles. The van der Waals surface area contributed by atoms with Crippen LogP contribution in [0.1, 0.15) is 12.8 Å². The molecule has 1 amide bonds. The SMILES string of the molecule is Cn1c(N2CCCC(C(=O)Nc3ccc(Cl)cc3)C2)nc(-c2ccncc2)cc1=O. The quantitative estimate of drug-likeness (QED) is 0.696. The van der Waals surface area contributed by atoms with Gasteiger partial charge in [-0.25, -0.2) is 4.98 Å². The molecule has 1 saturated heterocycles. The Morgan fingerprint density at radius 3 is 2.63 bits per heavy atom. The van der Waals surface area contributed by atoms with E-state index in [0.29, 0.717) is 28.9 Å². The molecule has 0 aliphatic carbocycles. The number of nitrogens with zero attached hydrogens (tertiary/aromatic N) is 4. The maximum atomic E-state index is 12.8. The standard InChI is InChI=1S/C22H22ClN5O2/c1-27-20(29)13-19(15-8-10-24-11-9-15)26-22(27)28-12-2-3-16(14-28)21(30)25-18-6-4-17(23)5-7-18/h4-11,13,16H,2-3,12,14H2,1H3,(H,25,30). The molecule has 1 aromatic carbocycles. The van der Waals surface area contributed by atoms with Gasteiger partial charge >= 0.3 is 0 Å². The molecule has 1 aliphatic rings. The molecule has 1 atom stereocenters. The minimum atomic E-state index is -0.198. The third kappa shape index (κ3) is 4.36. The van der Waals surface area contributed by atoms with Crippen LogP contribution in [0, 0.1) is 5.92 Å². The second kappa shape index (κ2) is 8.67. The fourth-order valence-electron chi connectivity index (χ4n) is 3.63. The van der Waals surface area contributed by atoms with Crippen molar-refractivity contribution in [2.45, 2.75) is 12.8 Å². The van der Waals surface area contributed by atoms with Crippen LogP contribution in [0.2, 0.25) is 5.02 Å². The molecule has 0 spiro atoms. The van der Waals surface area contributed by atoms with E-state index in [-0.39, 0.29) is 17.4 Å². The lowest BCUT2D eigenvalue weighted by Gasteiger charge is -2.33. The van der Waals surface area contributed by atoms with Crippen molar-refractivity contribution in [1.29, 1.82) is 0 Å². The van der Waals surface area contributed by atoms with Gasteiger partial charge in [0.05, 0.1) is 11.6 Å². The number of nitrogens with one attached hydrogen (secondary N) is 1. The lowest BCUT2D eigenvalue weighted by molar-refractivity contribution is -0.120. The van der Waals surface area contributed by atoms with E-state index >= 15 is 0 Å². The van der Waals surface area contributed by atoms with Crippen molar-refractivity contribution in [1.82, 2.24) is 14.5 Å². The van der Waals surface area contributed by atoms with Crippen LogP contribution in [0.5, 0.6) is 0 Å². The number of hydrogen-bond donors (Lipinski definition) is 1.